The molecule has 1 aromatic rings. The topological polar surface area (TPSA) is 150 Å². The molecule has 1 aromatic heterocycles. The molecule has 2 heterocycles. The molecule has 0 saturated carbocycles. The second-order valence-electron chi connectivity index (χ2n) is 7.00. The monoisotopic (exact) mass is 646 g/mol. The van der Waals surface area contributed by atoms with Crippen LogP contribution in [0.2, 0.25) is 0 Å². The Morgan fingerprint density at radius 2 is 2.10 bits per heavy atom. The molecule has 10 nitrogen and oxygen atoms in total. The van der Waals surface area contributed by atoms with Crippen LogP contribution < -0.4 is 16.4 Å². The molecule has 1 fully saturated rings. The van der Waals surface area contributed by atoms with Gasteiger partial charge in [-0.25, -0.2) is 4.98 Å². The van der Waals surface area contributed by atoms with Crippen molar-refractivity contribution < 1.29 is 19.2 Å². The third-order valence-electron chi connectivity index (χ3n) is 4.59. The number of imidazole rings is 1. The SMILES string of the molecule is CC1CCC(=O)N1.CCCC(C(N)=O)N(C)C(=O)C(Cc1[nH]c(I)nc1I)NC=O. The maximum absolute atomic E-state index is 12.6. The van der Waals surface area contributed by atoms with Gasteiger partial charge in [-0.3, -0.25) is 19.2 Å². The van der Waals surface area contributed by atoms with Crippen LogP contribution in [0, 0.1) is 7.53 Å². The van der Waals surface area contributed by atoms with E-state index >= 15 is 0 Å². The van der Waals surface area contributed by atoms with Crippen LogP contribution in [0.25, 0.3) is 0 Å². The van der Waals surface area contributed by atoms with Crippen LogP contribution in [-0.4, -0.2) is 64.2 Å². The predicted octanol–water partition coefficient (Wildman–Crippen LogP) is 0.673. The van der Waals surface area contributed by atoms with Crippen LogP contribution >= 0.6 is 45.2 Å². The van der Waals surface area contributed by atoms with Crippen LogP contribution in [-0.2, 0) is 25.6 Å². The van der Waals surface area contributed by atoms with Crippen molar-refractivity contribution in [2.24, 2.45) is 5.73 Å². The van der Waals surface area contributed by atoms with E-state index in [4.69, 9.17) is 5.73 Å². The number of aromatic nitrogens is 2. The Balaban J connectivity index is 0.000000539. The lowest BCUT2D eigenvalue weighted by Crippen LogP contribution is -2.53. The molecule has 1 aliphatic heterocycles. The van der Waals surface area contributed by atoms with Gasteiger partial charge in [0.25, 0.3) is 0 Å². The van der Waals surface area contributed by atoms with E-state index < -0.39 is 18.0 Å². The zero-order valence-corrected chi connectivity index (χ0v) is 21.5. The van der Waals surface area contributed by atoms with Crippen LogP contribution in [0.1, 0.15) is 45.2 Å². The summed E-state index contributed by atoms with van der Waals surface area (Å²) >= 11 is 4.10. The minimum atomic E-state index is -0.791. The van der Waals surface area contributed by atoms with Crippen molar-refractivity contribution in [3.63, 3.8) is 0 Å². The van der Waals surface area contributed by atoms with Gasteiger partial charge in [0.15, 0.2) is 3.83 Å². The summed E-state index contributed by atoms with van der Waals surface area (Å²) in [6.07, 6.45) is 3.66. The molecule has 168 valence electrons. The van der Waals surface area contributed by atoms with Gasteiger partial charge in [0.1, 0.15) is 15.8 Å². The molecule has 0 radical (unpaired) electrons. The normalized spacial score (nSPS) is 17.2. The van der Waals surface area contributed by atoms with Crippen molar-refractivity contribution in [1.29, 1.82) is 0 Å². The average Bonchev–Trinajstić information content (AvgIpc) is 3.21. The highest BCUT2D eigenvalue weighted by Crippen LogP contribution is 2.15. The number of carbonyl (C=O) groups is 4. The third kappa shape index (κ3) is 8.35. The second-order valence-corrected chi connectivity index (χ2v) is 9.05. The zero-order valence-electron chi connectivity index (χ0n) is 17.2. The number of nitrogens with two attached hydrogens (primary N) is 1. The second kappa shape index (κ2) is 13.1. The number of primary amides is 1. The Bertz CT molecular complexity index is 757. The Labute approximate surface area is 203 Å². The molecular formula is C18H28I2N6O4. The average molecular weight is 646 g/mol. The van der Waals surface area contributed by atoms with Gasteiger partial charge in [-0.15, -0.1) is 0 Å². The Hall–Kier alpha value is -1.45. The first-order valence-corrected chi connectivity index (χ1v) is 11.7. The highest BCUT2D eigenvalue weighted by Gasteiger charge is 2.30. The largest absolute Gasteiger partial charge is 0.368 e. The number of rotatable bonds is 9. The zero-order chi connectivity index (χ0) is 22.8. The van der Waals surface area contributed by atoms with E-state index in [0.29, 0.717) is 29.1 Å². The molecule has 12 heteroatoms. The summed E-state index contributed by atoms with van der Waals surface area (Å²) < 4.78 is 1.44. The van der Waals surface area contributed by atoms with E-state index in [1.54, 1.807) is 0 Å². The molecule has 0 spiro atoms. The number of nitrogens with zero attached hydrogens (tertiary/aromatic N) is 2. The number of halogens is 2. The summed E-state index contributed by atoms with van der Waals surface area (Å²) in [7, 11) is 1.52. The maximum Gasteiger partial charge on any atom is 0.245 e. The molecule has 30 heavy (non-hydrogen) atoms. The number of amides is 4. The van der Waals surface area contributed by atoms with Crippen LogP contribution in [0.4, 0.5) is 0 Å². The quantitative estimate of drug-likeness (QED) is 0.230. The highest BCUT2D eigenvalue weighted by molar-refractivity contribution is 14.1. The number of hydrogen-bond acceptors (Lipinski definition) is 5. The lowest BCUT2D eigenvalue weighted by Gasteiger charge is -2.29. The van der Waals surface area contributed by atoms with Crippen molar-refractivity contribution in [2.75, 3.05) is 7.05 Å². The summed E-state index contributed by atoms with van der Waals surface area (Å²) in [6, 6.07) is -1.06. The van der Waals surface area contributed by atoms with Gasteiger partial charge in [-0.05, 0) is 64.9 Å². The fourth-order valence-electron chi connectivity index (χ4n) is 2.96. The number of aromatic amines is 1. The lowest BCUT2D eigenvalue weighted by atomic mass is 10.1. The van der Waals surface area contributed by atoms with E-state index in [9.17, 15) is 19.2 Å². The molecule has 0 aliphatic carbocycles. The van der Waals surface area contributed by atoms with Gasteiger partial charge >= 0.3 is 0 Å². The Kier molecular flexibility index (Phi) is 11.6. The van der Waals surface area contributed by atoms with E-state index in [1.807, 2.05) is 36.4 Å². The molecular weight excluding hydrogens is 618 g/mol. The van der Waals surface area contributed by atoms with E-state index in [-0.39, 0.29) is 18.2 Å². The smallest absolute Gasteiger partial charge is 0.245 e. The fourth-order valence-corrected chi connectivity index (χ4v) is 4.59. The van der Waals surface area contributed by atoms with Crippen molar-refractivity contribution >= 4 is 69.3 Å². The van der Waals surface area contributed by atoms with Gasteiger partial charge in [0, 0.05) is 25.9 Å². The molecule has 2 rings (SSSR count). The van der Waals surface area contributed by atoms with Crippen molar-refractivity contribution in [2.45, 2.75) is 64.1 Å². The molecule has 1 saturated heterocycles. The number of likely N-dealkylation sites (N-methyl/N-ethyl adjacent to an activating group) is 1. The van der Waals surface area contributed by atoms with Crippen LogP contribution in [0.3, 0.4) is 0 Å². The molecule has 3 unspecified atom stereocenters. The summed E-state index contributed by atoms with van der Waals surface area (Å²) in [4.78, 5) is 54.0. The van der Waals surface area contributed by atoms with Crippen LogP contribution in [0.5, 0.6) is 0 Å². The van der Waals surface area contributed by atoms with E-state index in [0.717, 1.165) is 22.2 Å². The summed E-state index contributed by atoms with van der Waals surface area (Å²) in [5, 5.41) is 5.28. The third-order valence-corrected chi connectivity index (χ3v) is 6.00. The molecule has 1 aliphatic rings. The van der Waals surface area contributed by atoms with E-state index in [2.05, 4.69) is 43.2 Å². The van der Waals surface area contributed by atoms with Crippen molar-refractivity contribution in [3.8, 4) is 0 Å². The first-order valence-electron chi connectivity index (χ1n) is 9.55. The molecule has 0 bridgehead atoms. The summed E-state index contributed by atoms with van der Waals surface area (Å²) in [5.74, 6) is -0.722. The van der Waals surface area contributed by atoms with Crippen molar-refractivity contribution in [3.05, 3.63) is 13.2 Å². The van der Waals surface area contributed by atoms with Crippen molar-refractivity contribution in [1.82, 2.24) is 25.5 Å². The predicted molar refractivity (Wildman–Crippen MR) is 128 cm³/mol. The Morgan fingerprint density at radius 1 is 1.43 bits per heavy atom. The molecule has 4 amide bonds. The van der Waals surface area contributed by atoms with Gasteiger partial charge < -0.3 is 26.3 Å². The molecule has 5 N–H and O–H groups in total. The first kappa shape index (κ1) is 26.6. The van der Waals surface area contributed by atoms with Gasteiger partial charge in [-0.1, -0.05) is 13.3 Å². The maximum atomic E-state index is 12.6. The minimum Gasteiger partial charge on any atom is -0.368 e. The number of hydrogen-bond donors (Lipinski definition) is 4. The Morgan fingerprint density at radius 3 is 2.47 bits per heavy atom. The highest BCUT2D eigenvalue weighted by atomic mass is 127. The number of carbonyl (C=O) groups excluding carboxylic acids is 4. The summed E-state index contributed by atoms with van der Waals surface area (Å²) in [6.45, 7) is 3.93. The minimum absolute atomic E-state index is 0.201. The van der Waals surface area contributed by atoms with Gasteiger partial charge in [0.2, 0.25) is 24.1 Å². The molecule has 3 atom stereocenters. The lowest BCUT2D eigenvalue weighted by molar-refractivity contribution is -0.140. The molecule has 0 aromatic carbocycles. The summed E-state index contributed by atoms with van der Waals surface area (Å²) in [5.41, 5.74) is 6.13. The standard InChI is InChI=1S/C13H19I2N5O3.C5H9NO/c1-3-4-9(11(16)22)20(2)12(23)8(17-6-21)5-7-10(14)19-13(15)18-7;1-4-2-3-5(7)6-4/h6,8-9H,3-5H2,1-2H3,(H2,16,22)(H,17,21)(H,18,19);4H,2-3H2,1H3,(H,6,7). The number of H-pyrrole nitrogens is 1. The van der Waals surface area contributed by atoms with Gasteiger partial charge in [-0.2, -0.15) is 0 Å². The van der Waals surface area contributed by atoms with Crippen LogP contribution in [0.15, 0.2) is 0 Å². The van der Waals surface area contributed by atoms with E-state index in [1.165, 1.54) is 11.9 Å². The fraction of sp³-hybridized carbons (Fsp3) is 0.611. The number of nitrogens with one attached hydrogen (secondary N) is 3. The van der Waals surface area contributed by atoms with Gasteiger partial charge in [0.05, 0.1) is 5.69 Å². The first-order chi connectivity index (χ1) is 14.1.